The average Bonchev–Trinajstić information content (AvgIpc) is 3.29. The fraction of sp³-hybridized carbons (Fsp3) is 0.412. The third kappa shape index (κ3) is 2.65. The van der Waals surface area contributed by atoms with Gasteiger partial charge in [-0.15, -0.1) is 0 Å². The molecule has 1 aliphatic rings. The van der Waals surface area contributed by atoms with Gasteiger partial charge in [-0.05, 0) is 26.0 Å². The van der Waals surface area contributed by atoms with Gasteiger partial charge in [0.15, 0.2) is 11.6 Å². The molecule has 0 radical (unpaired) electrons. The zero-order valence-electron chi connectivity index (χ0n) is 14.9. The molecule has 1 amide bonds. The molecule has 0 N–H and O–H groups in total. The predicted octanol–water partition coefficient (Wildman–Crippen LogP) is 1.03. The minimum Gasteiger partial charge on any atom is -0.456 e. The quantitative estimate of drug-likeness (QED) is 0.694. The zero-order chi connectivity index (χ0) is 18.4. The van der Waals surface area contributed by atoms with Crippen molar-refractivity contribution in [1.29, 1.82) is 0 Å². The minimum absolute atomic E-state index is 0.160. The first kappa shape index (κ1) is 16.4. The Labute approximate surface area is 148 Å². The van der Waals surface area contributed by atoms with Crippen LogP contribution in [-0.2, 0) is 26.6 Å². The van der Waals surface area contributed by atoms with Crippen molar-refractivity contribution in [2.45, 2.75) is 33.4 Å². The lowest BCUT2D eigenvalue weighted by atomic mass is 10.1. The summed E-state index contributed by atoms with van der Waals surface area (Å²) in [5.41, 5.74) is 1.62. The molecule has 0 saturated carbocycles. The van der Waals surface area contributed by atoms with Crippen LogP contribution >= 0.6 is 0 Å². The van der Waals surface area contributed by atoms with Crippen LogP contribution in [0.15, 0.2) is 25.9 Å². The first-order valence-corrected chi connectivity index (χ1v) is 8.36. The monoisotopic (exact) mass is 357 g/mol. The van der Waals surface area contributed by atoms with E-state index in [1.54, 1.807) is 28.6 Å². The Kier molecular flexibility index (Phi) is 3.78. The Morgan fingerprint density at radius 1 is 1.27 bits per heavy atom. The SMILES string of the molecule is Cc1noc(C)c1Cc1ccc(C(=O)N2CCn3c(nn(C)c3=O)C2)o1. The third-order valence-corrected chi connectivity index (χ3v) is 4.70. The van der Waals surface area contributed by atoms with E-state index in [1.807, 2.05) is 13.8 Å². The maximum atomic E-state index is 12.7. The van der Waals surface area contributed by atoms with Crippen molar-refractivity contribution < 1.29 is 13.7 Å². The lowest BCUT2D eigenvalue weighted by Crippen LogP contribution is -2.40. The number of hydrogen-bond donors (Lipinski definition) is 0. The molecule has 0 fully saturated rings. The van der Waals surface area contributed by atoms with Crippen LogP contribution in [0.3, 0.4) is 0 Å². The standard InChI is InChI=1S/C17H19N5O4/c1-10-13(11(2)26-19-10)8-12-4-5-14(25-12)16(23)21-6-7-22-15(9-21)18-20(3)17(22)24/h4-5H,6-9H2,1-3H3. The Bertz CT molecular complexity index is 1020. The normalized spacial score (nSPS) is 13.9. The molecule has 9 nitrogen and oxygen atoms in total. The summed E-state index contributed by atoms with van der Waals surface area (Å²) in [5.74, 6) is 2.07. The summed E-state index contributed by atoms with van der Waals surface area (Å²) in [6.45, 7) is 4.89. The van der Waals surface area contributed by atoms with Gasteiger partial charge in [0, 0.05) is 32.1 Å². The van der Waals surface area contributed by atoms with Gasteiger partial charge < -0.3 is 13.8 Å². The fourth-order valence-corrected chi connectivity index (χ4v) is 3.21. The van der Waals surface area contributed by atoms with E-state index in [0.29, 0.717) is 31.1 Å². The molecular formula is C17H19N5O4. The molecule has 4 heterocycles. The van der Waals surface area contributed by atoms with Crippen molar-refractivity contribution in [3.8, 4) is 0 Å². The molecule has 0 saturated heterocycles. The van der Waals surface area contributed by atoms with E-state index < -0.39 is 0 Å². The van der Waals surface area contributed by atoms with Crippen LogP contribution in [-0.4, -0.2) is 36.9 Å². The number of fused-ring (bicyclic) bond motifs is 1. The van der Waals surface area contributed by atoms with Crippen LogP contribution in [0.5, 0.6) is 0 Å². The van der Waals surface area contributed by atoms with Crippen LogP contribution in [0.25, 0.3) is 0 Å². The van der Waals surface area contributed by atoms with Crippen molar-refractivity contribution >= 4 is 5.91 Å². The molecule has 3 aromatic heterocycles. The zero-order valence-corrected chi connectivity index (χ0v) is 14.9. The predicted molar refractivity (Wildman–Crippen MR) is 89.7 cm³/mol. The van der Waals surface area contributed by atoms with Crippen LogP contribution in [0.1, 0.15) is 39.2 Å². The fourth-order valence-electron chi connectivity index (χ4n) is 3.21. The van der Waals surface area contributed by atoms with Crippen molar-refractivity contribution in [3.05, 3.63) is 57.0 Å². The number of aromatic nitrogens is 4. The van der Waals surface area contributed by atoms with Crippen LogP contribution in [0.2, 0.25) is 0 Å². The molecule has 0 atom stereocenters. The summed E-state index contributed by atoms with van der Waals surface area (Å²) in [6, 6.07) is 3.47. The number of furan rings is 1. The first-order valence-electron chi connectivity index (χ1n) is 8.36. The van der Waals surface area contributed by atoms with Gasteiger partial charge in [-0.25, -0.2) is 9.48 Å². The molecule has 0 bridgehead atoms. The summed E-state index contributed by atoms with van der Waals surface area (Å²) >= 11 is 0. The first-order chi connectivity index (χ1) is 12.4. The minimum atomic E-state index is -0.209. The van der Waals surface area contributed by atoms with Crippen LogP contribution in [0.4, 0.5) is 0 Å². The summed E-state index contributed by atoms with van der Waals surface area (Å²) in [5, 5.41) is 8.11. The van der Waals surface area contributed by atoms with Gasteiger partial charge in [0.1, 0.15) is 11.5 Å². The Balaban J connectivity index is 1.51. The lowest BCUT2D eigenvalue weighted by Gasteiger charge is -2.25. The highest BCUT2D eigenvalue weighted by atomic mass is 16.5. The van der Waals surface area contributed by atoms with E-state index >= 15 is 0 Å². The molecule has 9 heteroatoms. The van der Waals surface area contributed by atoms with Crippen LogP contribution in [0, 0.1) is 13.8 Å². The number of carbonyl (C=O) groups excluding carboxylic acids is 1. The molecular weight excluding hydrogens is 338 g/mol. The van der Waals surface area contributed by atoms with E-state index in [-0.39, 0.29) is 23.9 Å². The molecule has 0 unspecified atom stereocenters. The molecule has 0 aromatic carbocycles. The smallest absolute Gasteiger partial charge is 0.345 e. The second-order valence-corrected chi connectivity index (χ2v) is 6.45. The van der Waals surface area contributed by atoms with Gasteiger partial charge in [-0.3, -0.25) is 9.36 Å². The Morgan fingerprint density at radius 3 is 2.81 bits per heavy atom. The Morgan fingerprint density at radius 2 is 2.08 bits per heavy atom. The van der Waals surface area contributed by atoms with Gasteiger partial charge in [-0.1, -0.05) is 5.16 Å². The summed E-state index contributed by atoms with van der Waals surface area (Å²) < 4.78 is 13.8. The molecule has 26 heavy (non-hydrogen) atoms. The molecule has 136 valence electrons. The number of hydrogen-bond acceptors (Lipinski definition) is 6. The lowest BCUT2D eigenvalue weighted by molar-refractivity contribution is 0.0672. The van der Waals surface area contributed by atoms with Gasteiger partial charge in [0.05, 0.1) is 12.2 Å². The average molecular weight is 357 g/mol. The second-order valence-electron chi connectivity index (χ2n) is 6.45. The van der Waals surface area contributed by atoms with Crippen molar-refractivity contribution in [1.82, 2.24) is 24.4 Å². The van der Waals surface area contributed by atoms with Gasteiger partial charge in [-0.2, -0.15) is 5.10 Å². The van der Waals surface area contributed by atoms with Crippen molar-refractivity contribution in [2.75, 3.05) is 6.54 Å². The molecule has 0 aliphatic carbocycles. The van der Waals surface area contributed by atoms with Crippen LogP contribution < -0.4 is 5.69 Å². The van der Waals surface area contributed by atoms with Crippen molar-refractivity contribution in [2.24, 2.45) is 7.05 Å². The largest absolute Gasteiger partial charge is 0.456 e. The highest BCUT2D eigenvalue weighted by molar-refractivity contribution is 5.91. The molecule has 3 aromatic rings. The number of carbonyl (C=O) groups is 1. The highest BCUT2D eigenvalue weighted by Crippen LogP contribution is 2.20. The van der Waals surface area contributed by atoms with Crippen molar-refractivity contribution in [3.63, 3.8) is 0 Å². The van der Waals surface area contributed by atoms with Gasteiger partial charge >= 0.3 is 5.69 Å². The molecule has 1 aliphatic heterocycles. The maximum absolute atomic E-state index is 12.7. The highest BCUT2D eigenvalue weighted by Gasteiger charge is 2.27. The third-order valence-electron chi connectivity index (χ3n) is 4.70. The topological polar surface area (TPSA) is 99.3 Å². The van der Waals surface area contributed by atoms with E-state index in [4.69, 9.17) is 8.94 Å². The number of rotatable bonds is 3. The number of aryl methyl sites for hydroxylation is 3. The second kappa shape index (κ2) is 6.01. The van der Waals surface area contributed by atoms with Gasteiger partial charge in [0.2, 0.25) is 0 Å². The molecule has 4 rings (SSSR count). The van der Waals surface area contributed by atoms with E-state index in [1.165, 1.54) is 4.68 Å². The number of amides is 1. The van der Waals surface area contributed by atoms with Gasteiger partial charge in [0.25, 0.3) is 5.91 Å². The Hall–Kier alpha value is -3.10. The summed E-state index contributed by atoms with van der Waals surface area (Å²) in [4.78, 5) is 26.3. The summed E-state index contributed by atoms with van der Waals surface area (Å²) in [7, 11) is 1.60. The molecule has 0 spiro atoms. The van der Waals surface area contributed by atoms with E-state index in [9.17, 15) is 9.59 Å². The maximum Gasteiger partial charge on any atom is 0.345 e. The van der Waals surface area contributed by atoms with E-state index in [0.717, 1.165) is 17.0 Å². The number of nitrogens with zero attached hydrogens (tertiary/aromatic N) is 5. The summed E-state index contributed by atoms with van der Waals surface area (Å²) in [6.07, 6.45) is 0.522. The van der Waals surface area contributed by atoms with E-state index in [2.05, 4.69) is 10.3 Å².